The third-order valence-electron chi connectivity index (χ3n) is 4.64. The van der Waals surface area contributed by atoms with Crippen LogP contribution in [0.2, 0.25) is 0 Å². The van der Waals surface area contributed by atoms with Crippen LogP contribution >= 0.6 is 0 Å². The van der Waals surface area contributed by atoms with E-state index in [4.69, 9.17) is 9.47 Å². The van der Waals surface area contributed by atoms with Crippen LogP contribution in [0.5, 0.6) is 5.75 Å². The van der Waals surface area contributed by atoms with E-state index in [0.29, 0.717) is 29.2 Å². The molecule has 0 aliphatic heterocycles. The second kappa shape index (κ2) is 9.21. The van der Waals surface area contributed by atoms with E-state index < -0.39 is 0 Å². The molecule has 0 spiro atoms. The molecule has 1 saturated carbocycles. The highest BCUT2D eigenvalue weighted by molar-refractivity contribution is 6.06. The van der Waals surface area contributed by atoms with Gasteiger partial charge in [0.2, 0.25) is 0 Å². The predicted octanol–water partition coefficient (Wildman–Crippen LogP) is 4.83. The van der Waals surface area contributed by atoms with E-state index >= 15 is 0 Å². The Morgan fingerprint density at radius 3 is 2.41 bits per heavy atom. The molecule has 0 unspecified atom stereocenters. The molecule has 0 radical (unpaired) electrons. The van der Waals surface area contributed by atoms with Crippen LogP contribution in [0.1, 0.15) is 59.7 Å². The molecule has 0 heterocycles. The number of hydrogen-bond donors (Lipinski definition) is 1. The highest BCUT2D eigenvalue weighted by atomic mass is 16.5. The molecule has 5 nitrogen and oxygen atoms in total. The average molecular weight is 367 g/mol. The molecule has 0 saturated heterocycles. The minimum absolute atomic E-state index is 0.0284. The summed E-state index contributed by atoms with van der Waals surface area (Å²) < 4.78 is 11.1. The van der Waals surface area contributed by atoms with Gasteiger partial charge in [-0.3, -0.25) is 4.79 Å². The third kappa shape index (κ3) is 5.09. The van der Waals surface area contributed by atoms with Crippen molar-refractivity contribution in [3.8, 4) is 5.75 Å². The molecule has 1 N–H and O–H groups in total. The van der Waals surface area contributed by atoms with E-state index in [1.54, 1.807) is 42.5 Å². The van der Waals surface area contributed by atoms with Gasteiger partial charge in [0.25, 0.3) is 5.91 Å². The SMILES string of the molecule is CCOc1ccccc1C(=O)Nc1ccc(C(=O)OC2CCCCC2)cc1. The molecule has 1 aliphatic carbocycles. The summed E-state index contributed by atoms with van der Waals surface area (Å²) >= 11 is 0. The monoisotopic (exact) mass is 367 g/mol. The first-order chi connectivity index (χ1) is 13.2. The minimum Gasteiger partial charge on any atom is -0.493 e. The lowest BCUT2D eigenvalue weighted by atomic mass is 9.98. The maximum Gasteiger partial charge on any atom is 0.338 e. The zero-order chi connectivity index (χ0) is 19.1. The molecule has 0 atom stereocenters. The topological polar surface area (TPSA) is 64.6 Å². The van der Waals surface area contributed by atoms with Crippen LogP contribution in [0.3, 0.4) is 0 Å². The number of carbonyl (C=O) groups excluding carboxylic acids is 2. The Balaban J connectivity index is 1.62. The Bertz CT molecular complexity index is 779. The maximum atomic E-state index is 12.5. The lowest BCUT2D eigenvalue weighted by Gasteiger charge is -2.21. The summed E-state index contributed by atoms with van der Waals surface area (Å²) in [5.41, 5.74) is 1.58. The Hall–Kier alpha value is -2.82. The number of carbonyl (C=O) groups is 2. The van der Waals surface area contributed by atoms with E-state index in [-0.39, 0.29) is 18.0 Å². The summed E-state index contributed by atoms with van der Waals surface area (Å²) in [4.78, 5) is 24.8. The average Bonchev–Trinajstić information content (AvgIpc) is 2.70. The number of ether oxygens (including phenoxy) is 2. The fourth-order valence-corrected chi connectivity index (χ4v) is 3.23. The number of benzene rings is 2. The van der Waals surface area contributed by atoms with Gasteiger partial charge in [0.05, 0.1) is 17.7 Å². The molecule has 5 heteroatoms. The highest BCUT2D eigenvalue weighted by Gasteiger charge is 2.19. The van der Waals surface area contributed by atoms with Gasteiger partial charge in [-0.15, -0.1) is 0 Å². The summed E-state index contributed by atoms with van der Waals surface area (Å²) in [6.45, 7) is 2.36. The number of esters is 1. The summed E-state index contributed by atoms with van der Waals surface area (Å²) in [6, 6.07) is 13.9. The van der Waals surface area contributed by atoms with Crippen molar-refractivity contribution < 1.29 is 19.1 Å². The molecular weight excluding hydrogens is 342 g/mol. The lowest BCUT2D eigenvalue weighted by Crippen LogP contribution is -2.21. The first-order valence-electron chi connectivity index (χ1n) is 9.51. The Kier molecular flexibility index (Phi) is 6.47. The standard InChI is InChI=1S/C22H25NO4/c1-2-26-20-11-7-6-10-19(20)21(24)23-17-14-12-16(13-15-17)22(25)27-18-8-4-3-5-9-18/h6-7,10-15,18H,2-5,8-9H2,1H3,(H,23,24). The number of nitrogens with one attached hydrogen (secondary N) is 1. The van der Waals surface area contributed by atoms with Crippen LogP contribution < -0.4 is 10.1 Å². The summed E-state index contributed by atoms with van der Waals surface area (Å²) in [5.74, 6) is -0.0109. The molecule has 1 aliphatic rings. The molecule has 1 amide bonds. The van der Waals surface area contributed by atoms with Gasteiger partial charge in [-0.1, -0.05) is 18.6 Å². The second-order valence-electron chi connectivity index (χ2n) is 6.63. The molecule has 0 aromatic heterocycles. The fraction of sp³-hybridized carbons (Fsp3) is 0.364. The molecule has 0 bridgehead atoms. The van der Waals surface area contributed by atoms with Crippen LogP contribution in [-0.4, -0.2) is 24.6 Å². The Labute approximate surface area is 159 Å². The van der Waals surface area contributed by atoms with Crippen molar-refractivity contribution in [1.82, 2.24) is 0 Å². The van der Waals surface area contributed by atoms with Crippen LogP contribution in [0.4, 0.5) is 5.69 Å². The van der Waals surface area contributed by atoms with Crippen LogP contribution in [-0.2, 0) is 4.74 Å². The van der Waals surface area contributed by atoms with Crippen molar-refractivity contribution in [2.75, 3.05) is 11.9 Å². The first-order valence-corrected chi connectivity index (χ1v) is 9.51. The van der Waals surface area contributed by atoms with Gasteiger partial charge in [-0.25, -0.2) is 4.79 Å². The molecule has 2 aromatic rings. The van der Waals surface area contributed by atoms with Crippen LogP contribution in [0.25, 0.3) is 0 Å². The molecular formula is C22H25NO4. The number of anilines is 1. The number of para-hydroxylation sites is 1. The van der Waals surface area contributed by atoms with Crippen molar-refractivity contribution >= 4 is 17.6 Å². The van der Waals surface area contributed by atoms with Crippen molar-refractivity contribution in [2.45, 2.75) is 45.1 Å². The van der Waals surface area contributed by atoms with Gasteiger partial charge in [0, 0.05) is 5.69 Å². The van der Waals surface area contributed by atoms with E-state index in [1.807, 2.05) is 13.0 Å². The van der Waals surface area contributed by atoms with Crippen molar-refractivity contribution in [2.24, 2.45) is 0 Å². The summed E-state index contributed by atoms with van der Waals surface area (Å²) in [7, 11) is 0. The molecule has 2 aromatic carbocycles. The second-order valence-corrected chi connectivity index (χ2v) is 6.63. The van der Waals surface area contributed by atoms with Gasteiger partial charge < -0.3 is 14.8 Å². The first kappa shape index (κ1) is 19.0. The normalized spacial score (nSPS) is 14.4. The molecule has 3 rings (SSSR count). The smallest absolute Gasteiger partial charge is 0.338 e. The summed E-state index contributed by atoms with van der Waals surface area (Å²) in [6.07, 6.45) is 5.37. The van der Waals surface area contributed by atoms with Crippen LogP contribution in [0.15, 0.2) is 48.5 Å². The van der Waals surface area contributed by atoms with Crippen molar-refractivity contribution in [3.63, 3.8) is 0 Å². The summed E-state index contributed by atoms with van der Waals surface area (Å²) in [5, 5.41) is 2.83. The number of amides is 1. The maximum absolute atomic E-state index is 12.5. The van der Waals surface area contributed by atoms with Crippen LogP contribution in [0, 0.1) is 0 Å². The molecule has 1 fully saturated rings. The van der Waals surface area contributed by atoms with E-state index in [9.17, 15) is 9.59 Å². The zero-order valence-corrected chi connectivity index (χ0v) is 15.6. The Morgan fingerprint density at radius 2 is 1.70 bits per heavy atom. The van der Waals surface area contributed by atoms with Gasteiger partial charge in [-0.05, 0) is 69.0 Å². The van der Waals surface area contributed by atoms with Crippen molar-refractivity contribution in [1.29, 1.82) is 0 Å². The quantitative estimate of drug-likeness (QED) is 0.743. The van der Waals surface area contributed by atoms with Gasteiger partial charge in [-0.2, -0.15) is 0 Å². The van der Waals surface area contributed by atoms with Gasteiger partial charge >= 0.3 is 5.97 Å². The fourth-order valence-electron chi connectivity index (χ4n) is 3.23. The highest BCUT2D eigenvalue weighted by Crippen LogP contribution is 2.23. The largest absolute Gasteiger partial charge is 0.493 e. The minimum atomic E-state index is -0.304. The van der Waals surface area contributed by atoms with E-state index in [2.05, 4.69) is 5.32 Å². The van der Waals surface area contributed by atoms with Gasteiger partial charge in [0.1, 0.15) is 11.9 Å². The predicted molar refractivity (Wildman–Crippen MR) is 104 cm³/mol. The van der Waals surface area contributed by atoms with Crippen molar-refractivity contribution in [3.05, 3.63) is 59.7 Å². The van der Waals surface area contributed by atoms with E-state index in [0.717, 1.165) is 25.7 Å². The molecule has 142 valence electrons. The number of rotatable bonds is 6. The lowest BCUT2D eigenvalue weighted by molar-refractivity contribution is 0.0211. The molecule has 27 heavy (non-hydrogen) atoms. The van der Waals surface area contributed by atoms with Gasteiger partial charge in [0.15, 0.2) is 0 Å². The zero-order valence-electron chi connectivity index (χ0n) is 15.6. The number of hydrogen-bond acceptors (Lipinski definition) is 4. The third-order valence-corrected chi connectivity index (χ3v) is 4.64. The Morgan fingerprint density at radius 1 is 1.00 bits per heavy atom. The van der Waals surface area contributed by atoms with E-state index in [1.165, 1.54) is 6.42 Å².